The van der Waals surface area contributed by atoms with Crippen LogP contribution in [-0.4, -0.2) is 28.1 Å². The summed E-state index contributed by atoms with van der Waals surface area (Å²) < 4.78 is 3.79. The highest BCUT2D eigenvalue weighted by Crippen LogP contribution is 2.15. The zero-order valence-electron chi connectivity index (χ0n) is 16.9. The number of para-hydroxylation sites is 3. The molecule has 2 N–H and O–H groups in total. The van der Waals surface area contributed by atoms with Crippen molar-refractivity contribution in [3.05, 3.63) is 65.1 Å². The second-order valence-electron chi connectivity index (χ2n) is 7.89. The fraction of sp³-hybridized carbons (Fsp3) is 0.391. The molecule has 2 aromatic carbocycles. The van der Waals surface area contributed by atoms with Crippen LogP contribution in [0.25, 0.3) is 11.0 Å². The molecule has 0 saturated carbocycles. The van der Waals surface area contributed by atoms with Crippen molar-refractivity contribution >= 4 is 22.6 Å². The Morgan fingerprint density at radius 1 is 1.00 bits per heavy atom. The number of nitrogens with one attached hydrogen (secondary N) is 2. The molecule has 0 unspecified atom stereocenters. The first-order chi connectivity index (χ1) is 14.2. The van der Waals surface area contributed by atoms with Crippen LogP contribution in [0.3, 0.4) is 0 Å². The Balaban J connectivity index is 1.42. The van der Waals surface area contributed by atoms with E-state index in [1.165, 1.54) is 4.90 Å². The summed E-state index contributed by atoms with van der Waals surface area (Å²) in [5.74, 6) is 0.143. The highest BCUT2D eigenvalue weighted by molar-refractivity contribution is 5.92. The summed E-state index contributed by atoms with van der Waals surface area (Å²) in [6, 6.07) is 17.7. The Morgan fingerprint density at radius 3 is 2.28 bits per heavy atom. The van der Waals surface area contributed by atoms with E-state index in [0.717, 1.165) is 55.6 Å². The van der Waals surface area contributed by atoms with Gasteiger partial charge in [0.2, 0.25) is 5.91 Å². The number of anilines is 1. The van der Waals surface area contributed by atoms with Gasteiger partial charge in [0, 0.05) is 31.0 Å². The number of likely N-dealkylation sites (tertiary alicyclic amines) is 1. The summed E-state index contributed by atoms with van der Waals surface area (Å²) in [5.41, 5.74) is 2.94. The quantitative estimate of drug-likeness (QED) is 0.674. The van der Waals surface area contributed by atoms with Crippen molar-refractivity contribution in [2.24, 2.45) is 5.92 Å². The van der Waals surface area contributed by atoms with Crippen LogP contribution in [0.4, 0.5) is 5.69 Å². The lowest BCUT2D eigenvalue weighted by atomic mass is 9.96. The number of amides is 1. The molecule has 6 nitrogen and oxygen atoms in total. The second kappa shape index (κ2) is 8.66. The molecule has 4 rings (SSSR count). The number of aromatic nitrogens is 2. The molecule has 1 amide bonds. The number of fused-ring (bicyclic) bond motifs is 1. The number of benzene rings is 2. The molecule has 0 bridgehead atoms. The third-order valence-corrected chi connectivity index (χ3v) is 5.86. The number of carbonyl (C=O) groups is 1. The molecule has 6 heteroatoms. The lowest BCUT2D eigenvalue weighted by Gasteiger charge is -2.28. The molecule has 0 radical (unpaired) electrons. The molecule has 1 aromatic heterocycles. The summed E-state index contributed by atoms with van der Waals surface area (Å²) >= 11 is 0. The van der Waals surface area contributed by atoms with Crippen LogP contribution < -0.4 is 15.9 Å². The van der Waals surface area contributed by atoms with Crippen molar-refractivity contribution in [3.63, 3.8) is 0 Å². The van der Waals surface area contributed by atoms with Gasteiger partial charge in [0.05, 0.1) is 24.1 Å². The third-order valence-electron chi connectivity index (χ3n) is 5.86. The molecule has 1 saturated heterocycles. The first kappa shape index (κ1) is 19.5. The summed E-state index contributed by atoms with van der Waals surface area (Å²) in [5, 5.41) is 3.02. The van der Waals surface area contributed by atoms with Gasteiger partial charge >= 0.3 is 5.69 Å². The normalized spacial score (nSPS) is 19.3. The maximum Gasteiger partial charge on any atom is 0.333 e. The van der Waals surface area contributed by atoms with E-state index in [9.17, 15) is 9.59 Å². The molecule has 0 spiro atoms. The molecule has 2 heterocycles. The van der Waals surface area contributed by atoms with E-state index in [2.05, 4.69) is 12.2 Å². The van der Waals surface area contributed by atoms with Gasteiger partial charge in [-0.1, -0.05) is 37.3 Å². The van der Waals surface area contributed by atoms with Crippen molar-refractivity contribution in [1.29, 1.82) is 0 Å². The minimum atomic E-state index is 0.0390. The predicted octanol–water partition coefficient (Wildman–Crippen LogP) is 2.10. The summed E-state index contributed by atoms with van der Waals surface area (Å²) in [4.78, 5) is 26.9. The maximum atomic E-state index is 13.0. The lowest BCUT2D eigenvalue weighted by molar-refractivity contribution is -0.928. The Hall–Kier alpha value is -2.86. The molecule has 29 heavy (non-hydrogen) atoms. The van der Waals surface area contributed by atoms with Crippen molar-refractivity contribution in [1.82, 2.24) is 9.13 Å². The van der Waals surface area contributed by atoms with Crippen molar-refractivity contribution in [2.75, 3.05) is 18.4 Å². The van der Waals surface area contributed by atoms with Gasteiger partial charge in [-0.2, -0.15) is 0 Å². The third kappa shape index (κ3) is 4.12. The minimum absolute atomic E-state index is 0.0390. The molecule has 0 atom stereocenters. The summed E-state index contributed by atoms with van der Waals surface area (Å²) in [7, 11) is 0. The summed E-state index contributed by atoms with van der Waals surface area (Å²) in [6.07, 6.45) is 2.62. The molecule has 1 fully saturated rings. The van der Waals surface area contributed by atoms with E-state index in [1.54, 1.807) is 0 Å². The molecule has 1 aliphatic rings. The highest BCUT2D eigenvalue weighted by Gasteiger charge is 2.28. The average Bonchev–Trinajstić information content (AvgIpc) is 3.01. The van der Waals surface area contributed by atoms with Crippen LogP contribution in [0, 0.1) is 5.92 Å². The SMILES string of the molecule is CCCn1c(=O)n(C[NH+]2CCC(C(=O)Nc3ccccc3)CC2)c2ccccc21. The first-order valence-corrected chi connectivity index (χ1v) is 10.5. The van der Waals surface area contributed by atoms with Crippen molar-refractivity contribution in [2.45, 2.75) is 39.4 Å². The van der Waals surface area contributed by atoms with E-state index >= 15 is 0 Å². The fourth-order valence-electron chi connectivity index (χ4n) is 4.30. The number of carbonyl (C=O) groups excluding carboxylic acids is 1. The Labute approximate surface area is 170 Å². The smallest absolute Gasteiger partial charge is 0.326 e. The van der Waals surface area contributed by atoms with Crippen molar-refractivity contribution in [3.8, 4) is 0 Å². The number of rotatable bonds is 6. The van der Waals surface area contributed by atoms with Crippen LogP contribution in [0.5, 0.6) is 0 Å². The molecular weight excluding hydrogens is 364 g/mol. The second-order valence-corrected chi connectivity index (χ2v) is 7.89. The van der Waals surface area contributed by atoms with Crippen LogP contribution >= 0.6 is 0 Å². The van der Waals surface area contributed by atoms with Gasteiger partial charge in [-0.25, -0.2) is 9.36 Å². The van der Waals surface area contributed by atoms with Crippen molar-refractivity contribution < 1.29 is 9.69 Å². The van der Waals surface area contributed by atoms with E-state index < -0.39 is 0 Å². The van der Waals surface area contributed by atoms with Gasteiger partial charge in [0.1, 0.15) is 0 Å². The molecule has 1 aliphatic heterocycles. The summed E-state index contributed by atoms with van der Waals surface area (Å²) in [6.45, 7) is 5.28. The Kier molecular flexibility index (Phi) is 5.81. The minimum Gasteiger partial charge on any atom is -0.326 e. The highest BCUT2D eigenvalue weighted by atomic mass is 16.2. The number of piperidine rings is 1. The number of quaternary nitrogens is 1. The monoisotopic (exact) mass is 393 g/mol. The van der Waals surface area contributed by atoms with Crippen LogP contribution in [0.2, 0.25) is 0 Å². The predicted molar refractivity (Wildman–Crippen MR) is 115 cm³/mol. The zero-order chi connectivity index (χ0) is 20.2. The van der Waals surface area contributed by atoms with E-state index in [4.69, 9.17) is 0 Å². The molecular formula is C23H29N4O2+. The largest absolute Gasteiger partial charge is 0.333 e. The van der Waals surface area contributed by atoms with Gasteiger partial charge in [-0.05, 0) is 30.7 Å². The number of hydrogen-bond acceptors (Lipinski definition) is 2. The molecule has 0 aliphatic carbocycles. The van der Waals surface area contributed by atoms with Gasteiger partial charge < -0.3 is 10.2 Å². The van der Waals surface area contributed by atoms with Gasteiger partial charge in [0.25, 0.3) is 0 Å². The fourth-order valence-corrected chi connectivity index (χ4v) is 4.30. The zero-order valence-corrected chi connectivity index (χ0v) is 16.9. The number of aryl methyl sites for hydroxylation is 1. The van der Waals surface area contributed by atoms with Crippen LogP contribution in [0.1, 0.15) is 26.2 Å². The van der Waals surface area contributed by atoms with Gasteiger partial charge in [-0.15, -0.1) is 0 Å². The Bertz CT molecular complexity index is 1030. The molecule has 3 aromatic rings. The Morgan fingerprint density at radius 2 is 1.62 bits per heavy atom. The lowest BCUT2D eigenvalue weighted by Crippen LogP contribution is -3.12. The number of nitrogens with zero attached hydrogens (tertiary/aromatic N) is 2. The van der Waals surface area contributed by atoms with Gasteiger partial charge in [0.15, 0.2) is 6.67 Å². The number of imidazole rings is 1. The van der Waals surface area contributed by atoms with Crippen LogP contribution in [0.15, 0.2) is 59.4 Å². The van der Waals surface area contributed by atoms with E-state index in [1.807, 2.05) is 63.7 Å². The number of hydrogen-bond donors (Lipinski definition) is 2. The van der Waals surface area contributed by atoms with E-state index in [0.29, 0.717) is 6.67 Å². The maximum absolute atomic E-state index is 13.0. The van der Waals surface area contributed by atoms with Crippen LogP contribution in [-0.2, 0) is 18.0 Å². The van der Waals surface area contributed by atoms with E-state index in [-0.39, 0.29) is 17.5 Å². The standard InChI is InChI=1S/C23H28N4O2/c1-2-14-26-20-10-6-7-11-21(20)27(23(26)29)17-25-15-12-18(13-16-25)22(28)24-19-8-4-3-5-9-19/h3-11,18H,2,12-17H2,1H3,(H,24,28)/p+1. The average molecular weight is 394 g/mol. The topological polar surface area (TPSA) is 60.5 Å². The van der Waals surface area contributed by atoms with Gasteiger partial charge in [-0.3, -0.25) is 9.36 Å². The first-order valence-electron chi connectivity index (χ1n) is 10.5. The molecule has 152 valence electrons.